The highest BCUT2D eigenvalue weighted by molar-refractivity contribution is 6.17. The van der Waals surface area contributed by atoms with Crippen molar-refractivity contribution in [3.05, 3.63) is 182 Å². The van der Waals surface area contributed by atoms with E-state index in [1.54, 1.807) is 0 Å². The summed E-state index contributed by atoms with van der Waals surface area (Å²) >= 11 is 0. The number of hydrogen-bond acceptors (Lipinski definition) is 2. The van der Waals surface area contributed by atoms with Gasteiger partial charge < -0.3 is 13.9 Å². The van der Waals surface area contributed by atoms with Crippen LogP contribution in [0, 0.1) is 0 Å². The first-order chi connectivity index (χ1) is 24.3. The molecule has 10 rings (SSSR count). The van der Waals surface area contributed by atoms with Crippen molar-refractivity contribution in [2.45, 2.75) is 0 Å². The van der Waals surface area contributed by atoms with E-state index in [0.29, 0.717) is 0 Å². The number of para-hydroxylation sites is 4. The molecule has 49 heavy (non-hydrogen) atoms. The van der Waals surface area contributed by atoms with Gasteiger partial charge in [0.2, 0.25) is 0 Å². The Labute approximate surface area is 283 Å². The van der Waals surface area contributed by atoms with E-state index in [0.717, 1.165) is 55.6 Å². The fourth-order valence-corrected chi connectivity index (χ4v) is 7.58. The first-order valence-electron chi connectivity index (χ1n) is 16.7. The van der Waals surface area contributed by atoms with Crippen molar-refractivity contribution in [2.24, 2.45) is 0 Å². The SMILES string of the molecule is c1ccc(-c2ccccc2N(c2ccc3cc4c(cc3c2)oc2ccccc24)c2cccc3c2c2ccccc2n3-c2ccccc2)cc1. The van der Waals surface area contributed by atoms with Crippen molar-refractivity contribution < 1.29 is 4.42 Å². The van der Waals surface area contributed by atoms with Crippen LogP contribution in [-0.2, 0) is 0 Å². The minimum absolute atomic E-state index is 0.898. The van der Waals surface area contributed by atoms with Crippen molar-refractivity contribution in [3.8, 4) is 16.8 Å². The zero-order valence-corrected chi connectivity index (χ0v) is 26.6. The van der Waals surface area contributed by atoms with Crippen molar-refractivity contribution in [1.82, 2.24) is 4.57 Å². The van der Waals surface area contributed by atoms with Gasteiger partial charge in [0, 0.05) is 38.5 Å². The smallest absolute Gasteiger partial charge is 0.136 e. The van der Waals surface area contributed by atoms with Crippen LogP contribution in [0.5, 0.6) is 0 Å². The maximum absolute atomic E-state index is 6.34. The van der Waals surface area contributed by atoms with Gasteiger partial charge in [-0.05, 0) is 83.1 Å². The molecule has 0 aliphatic carbocycles. The zero-order valence-electron chi connectivity index (χ0n) is 26.6. The molecule has 0 amide bonds. The summed E-state index contributed by atoms with van der Waals surface area (Å²) in [5, 5.41) is 7.01. The lowest BCUT2D eigenvalue weighted by atomic mass is 10.00. The zero-order chi connectivity index (χ0) is 32.3. The monoisotopic (exact) mass is 626 g/mol. The maximum Gasteiger partial charge on any atom is 0.136 e. The molecule has 0 bridgehead atoms. The minimum Gasteiger partial charge on any atom is -0.456 e. The molecule has 3 nitrogen and oxygen atoms in total. The molecule has 0 fully saturated rings. The van der Waals surface area contributed by atoms with E-state index >= 15 is 0 Å². The van der Waals surface area contributed by atoms with E-state index in [1.165, 1.54) is 32.8 Å². The minimum atomic E-state index is 0.898. The predicted molar refractivity (Wildman–Crippen MR) is 206 cm³/mol. The summed E-state index contributed by atoms with van der Waals surface area (Å²) in [6.07, 6.45) is 0. The summed E-state index contributed by atoms with van der Waals surface area (Å²) in [6, 6.07) is 65.1. The van der Waals surface area contributed by atoms with Crippen LogP contribution in [0.4, 0.5) is 17.1 Å². The number of fused-ring (bicyclic) bond motifs is 7. The Balaban J connectivity index is 1.28. The van der Waals surface area contributed by atoms with Crippen LogP contribution in [0.1, 0.15) is 0 Å². The van der Waals surface area contributed by atoms with Crippen molar-refractivity contribution >= 4 is 71.6 Å². The van der Waals surface area contributed by atoms with Gasteiger partial charge in [0.15, 0.2) is 0 Å². The third kappa shape index (κ3) is 4.37. The Morgan fingerprint density at radius 1 is 0.429 bits per heavy atom. The van der Waals surface area contributed by atoms with Crippen LogP contribution in [0.25, 0.3) is 71.3 Å². The number of rotatable bonds is 5. The molecule has 0 radical (unpaired) electrons. The number of aromatic nitrogens is 1. The normalized spacial score (nSPS) is 11.7. The van der Waals surface area contributed by atoms with Gasteiger partial charge in [-0.3, -0.25) is 0 Å². The van der Waals surface area contributed by atoms with E-state index in [9.17, 15) is 0 Å². The number of anilines is 3. The number of hydrogen-bond donors (Lipinski definition) is 0. The Morgan fingerprint density at radius 2 is 1.12 bits per heavy atom. The van der Waals surface area contributed by atoms with Gasteiger partial charge in [0.05, 0.1) is 22.4 Å². The average molecular weight is 627 g/mol. The first kappa shape index (κ1) is 27.5. The third-order valence-corrected chi connectivity index (χ3v) is 9.74. The molecular weight excluding hydrogens is 597 g/mol. The third-order valence-electron chi connectivity index (χ3n) is 9.74. The molecule has 230 valence electrons. The number of furan rings is 1. The van der Waals surface area contributed by atoms with Crippen molar-refractivity contribution in [2.75, 3.05) is 4.90 Å². The van der Waals surface area contributed by atoms with Crippen LogP contribution in [0.3, 0.4) is 0 Å². The van der Waals surface area contributed by atoms with Crippen LogP contribution in [0.15, 0.2) is 186 Å². The molecule has 0 spiro atoms. The Bertz CT molecular complexity index is 2830. The van der Waals surface area contributed by atoms with E-state index in [1.807, 2.05) is 12.1 Å². The molecule has 0 atom stereocenters. The topological polar surface area (TPSA) is 21.3 Å². The highest BCUT2D eigenvalue weighted by atomic mass is 16.3. The molecule has 2 aromatic heterocycles. The molecule has 0 saturated carbocycles. The lowest BCUT2D eigenvalue weighted by molar-refractivity contribution is 0.669. The largest absolute Gasteiger partial charge is 0.456 e. The molecule has 0 saturated heterocycles. The Hall–Kier alpha value is -6.58. The predicted octanol–water partition coefficient (Wildman–Crippen LogP) is 13.0. The number of nitrogens with zero attached hydrogens (tertiary/aromatic N) is 2. The lowest BCUT2D eigenvalue weighted by Gasteiger charge is -2.29. The van der Waals surface area contributed by atoms with Gasteiger partial charge in [0.25, 0.3) is 0 Å². The molecule has 0 N–H and O–H groups in total. The van der Waals surface area contributed by atoms with Gasteiger partial charge in [0.1, 0.15) is 11.2 Å². The first-order valence-corrected chi connectivity index (χ1v) is 16.7. The van der Waals surface area contributed by atoms with Gasteiger partial charge in [-0.15, -0.1) is 0 Å². The van der Waals surface area contributed by atoms with Gasteiger partial charge in [-0.25, -0.2) is 0 Å². The van der Waals surface area contributed by atoms with E-state index in [-0.39, 0.29) is 0 Å². The van der Waals surface area contributed by atoms with Gasteiger partial charge >= 0.3 is 0 Å². The molecule has 2 heterocycles. The van der Waals surface area contributed by atoms with E-state index in [4.69, 9.17) is 4.42 Å². The highest BCUT2D eigenvalue weighted by Gasteiger charge is 2.23. The second kappa shape index (κ2) is 11.0. The fourth-order valence-electron chi connectivity index (χ4n) is 7.58. The summed E-state index contributed by atoms with van der Waals surface area (Å²) in [4.78, 5) is 2.44. The highest BCUT2D eigenvalue weighted by Crippen LogP contribution is 2.47. The summed E-state index contributed by atoms with van der Waals surface area (Å²) in [5.41, 5.74) is 10.9. The summed E-state index contributed by atoms with van der Waals surface area (Å²) in [6.45, 7) is 0. The quantitative estimate of drug-likeness (QED) is 0.190. The van der Waals surface area contributed by atoms with Gasteiger partial charge in [-0.2, -0.15) is 0 Å². The molecule has 8 aromatic carbocycles. The van der Waals surface area contributed by atoms with E-state index in [2.05, 4.69) is 179 Å². The second-order valence-electron chi connectivity index (χ2n) is 12.6. The van der Waals surface area contributed by atoms with E-state index < -0.39 is 0 Å². The van der Waals surface area contributed by atoms with Crippen LogP contribution >= 0.6 is 0 Å². The Morgan fingerprint density at radius 3 is 2.00 bits per heavy atom. The fraction of sp³-hybridized carbons (Fsp3) is 0. The average Bonchev–Trinajstić information content (AvgIpc) is 3.70. The molecule has 10 aromatic rings. The van der Waals surface area contributed by atoms with Crippen molar-refractivity contribution in [1.29, 1.82) is 0 Å². The molecular formula is C46H30N2O. The summed E-state index contributed by atoms with van der Waals surface area (Å²) in [7, 11) is 0. The summed E-state index contributed by atoms with van der Waals surface area (Å²) in [5.74, 6) is 0. The van der Waals surface area contributed by atoms with Crippen LogP contribution in [0.2, 0.25) is 0 Å². The van der Waals surface area contributed by atoms with Crippen LogP contribution in [-0.4, -0.2) is 4.57 Å². The lowest BCUT2D eigenvalue weighted by Crippen LogP contribution is -2.11. The second-order valence-corrected chi connectivity index (χ2v) is 12.6. The number of benzene rings is 8. The molecule has 3 heteroatoms. The molecule has 0 aliphatic rings. The molecule has 0 aliphatic heterocycles. The van der Waals surface area contributed by atoms with Crippen molar-refractivity contribution in [3.63, 3.8) is 0 Å². The standard InChI is InChI=1S/C46H30N2O/c1-3-14-31(15-4-1)36-18-7-10-21-40(36)48(35-27-26-32-29-39-37-19-9-12-25-44(37)49-45(39)30-33(32)28-35)43-24-13-23-42-46(43)38-20-8-11-22-41(38)47(42)34-16-5-2-6-17-34/h1-30H. The molecule has 0 unspecified atom stereocenters. The summed E-state index contributed by atoms with van der Waals surface area (Å²) < 4.78 is 8.72. The van der Waals surface area contributed by atoms with Gasteiger partial charge in [-0.1, -0.05) is 115 Å². The maximum atomic E-state index is 6.34. The van der Waals surface area contributed by atoms with Crippen LogP contribution < -0.4 is 4.90 Å². The Kier molecular flexibility index (Phi) is 6.18.